The van der Waals surface area contributed by atoms with E-state index < -0.39 is 0 Å². The fraction of sp³-hybridized carbons (Fsp3) is 0.429. The number of methoxy groups -OCH3 is 1. The van der Waals surface area contributed by atoms with E-state index in [9.17, 15) is 9.59 Å². The van der Waals surface area contributed by atoms with E-state index in [2.05, 4.69) is 20.7 Å². The molecule has 0 saturated carbocycles. The number of carbonyl (C=O) groups excluding carboxylic acids is 2. The van der Waals surface area contributed by atoms with E-state index in [1.165, 1.54) is 7.11 Å². The topological polar surface area (TPSA) is 52.6 Å². The summed E-state index contributed by atoms with van der Waals surface area (Å²) in [7, 11) is 1.36. The van der Waals surface area contributed by atoms with E-state index in [0.717, 1.165) is 11.1 Å². The van der Waals surface area contributed by atoms with E-state index >= 15 is 0 Å². The highest BCUT2D eigenvalue weighted by atomic mass is 79.9. The van der Waals surface area contributed by atoms with Crippen LogP contribution in [0.3, 0.4) is 0 Å². The van der Waals surface area contributed by atoms with Gasteiger partial charge in [0.05, 0.1) is 19.3 Å². The Morgan fingerprint density at radius 1 is 1.32 bits per heavy atom. The summed E-state index contributed by atoms with van der Waals surface area (Å²) in [5.41, 5.74) is 2.33. The van der Waals surface area contributed by atoms with E-state index in [4.69, 9.17) is 4.74 Å². The summed E-state index contributed by atoms with van der Waals surface area (Å²) in [6.45, 7) is 2.11. The molecule has 0 heterocycles. The molecule has 0 radical (unpaired) electrons. The van der Waals surface area contributed by atoms with Crippen LogP contribution in [-0.2, 0) is 26.0 Å². The molecule has 0 atom stereocenters. The zero-order valence-corrected chi connectivity index (χ0v) is 12.7. The SMILES string of the molecule is CCOC(=O)c1cc(CCC(=O)OC)ccc1CBr. The Morgan fingerprint density at radius 2 is 2.05 bits per heavy atom. The first-order valence-corrected chi connectivity index (χ1v) is 7.16. The maximum Gasteiger partial charge on any atom is 0.338 e. The Balaban J connectivity index is 2.88. The van der Waals surface area contributed by atoms with Gasteiger partial charge in [0.25, 0.3) is 0 Å². The Hall–Kier alpha value is -1.36. The average molecular weight is 329 g/mol. The molecule has 5 heteroatoms. The molecule has 1 rings (SSSR count). The van der Waals surface area contributed by atoms with Crippen LogP contribution in [0.5, 0.6) is 0 Å². The molecule has 0 fully saturated rings. The summed E-state index contributed by atoms with van der Waals surface area (Å²) in [5, 5.41) is 0.582. The lowest BCUT2D eigenvalue weighted by Crippen LogP contribution is -2.09. The van der Waals surface area contributed by atoms with Crippen molar-refractivity contribution in [2.75, 3.05) is 13.7 Å². The minimum Gasteiger partial charge on any atom is -0.469 e. The van der Waals surface area contributed by atoms with E-state index in [1.807, 2.05) is 12.1 Å². The van der Waals surface area contributed by atoms with E-state index in [1.54, 1.807) is 13.0 Å². The van der Waals surface area contributed by atoms with Gasteiger partial charge in [-0.25, -0.2) is 4.79 Å². The summed E-state index contributed by atoms with van der Waals surface area (Å²) < 4.78 is 9.62. The fourth-order valence-corrected chi connectivity index (χ4v) is 2.13. The molecule has 0 aromatic heterocycles. The summed E-state index contributed by atoms with van der Waals surface area (Å²) in [6.07, 6.45) is 0.841. The number of esters is 2. The third-order valence-corrected chi connectivity index (χ3v) is 3.26. The second-order valence-corrected chi connectivity index (χ2v) is 4.48. The molecule has 0 bridgehead atoms. The van der Waals surface area contributed by atoms with Gasteiger partial charge < -0.3 is 9.47 Å². The molecule has 1 aromatic rings. The van der Waals surface area contributed by atoms with Crippen molar-refractivity contribution in [3.8, 4) is 0 Å². The van der Waals surface area contributed by atoms with Crippen LogP contribution in [0.4, 0.5) is 0 Å². The molecule has 1 aromatic carbocycles. The van der Waals surface area contributed by atoms with Crippen molar-refractivity contribution in [2.24, 2.45) is 0 Å². The zero-order valence-electron chi connectivity index (χ0n) is 11.1. The molecule has 0 spiro atoms. The summed E-state index contributed by atoms with van der Waals surface area (Å²) in [4.78, 5) is 22.9. The van der Waals surface area contributed by atoms with Crippen LogP contribution in [0.25, 0.3) is 0 Å². The van der Waals surface area contributed by atoms with Gasteiger partial charge >= 0.3 is 11.9 Å². The number of hydrogen-bond acceptors (Lipinski definition) is 4. The van der Waals surface area contributed by atoms with Gasteiger partial charge in [0.1, 0.15) is 0 Å². The number of benzene rings is 1. The van der Waals surface area contributed by atoms with Crippen molar-refractivity contribution >= 4 is 27.9 Å². The van der Waals surface area contributed by atoms with Crippen molar-refractivity contribution in [3.63, 3.8) is 0 Å². The average Bonchev–Trinajstić information content (AvgIpc) is 2.44. The standard InChI is InChI=1S/C14H17BrO4/c1-3-19-14(17)12-8-10(4-6-11(12)9-15)5-7-13(16)18-2/h4,6,8H,3,5,7,9H2,1-2H3. The molecule has 0 aliphatic heterocycles. The van der Waals surface area contributed by atoms with Gasteiger partial charge in [0, 0.05) is 11.8 Å². The third-order valence-electron chi connectivity index (χ3n) is 2.66. The monoisotopic (exact) mass is 328 g/mol. The number of hydrogen-bond donors (Lipinski definition) is 0. The summed E-state index contributed by atoms with van der Waals surface area (Å²) in [5.74, 6) is -0.598. The van der Waals surface area contributed by atoms with E-state index in [0.29, 0.717) is 30.3 Å². The lowest BCUT2D eigenvalue weighted by atomic mass is 10.0. The first-order valence-electron chi connectivity index (χ1n) is 6.04. The molecule has 0 aliphatic carbocycles. The van der Waals surface area contributed by atoms with Gasteiger partial charge in [-0.2, -0.15) is 0 Å². The molecule has 4 nitrogen and oxygen atoms in total. The number of alkyl halides is 1. The Bertz CT molecular complexity index is 457. The minimum atomic E-state index is -0.336. The van der Waals surface area contributed by atoms with Crippen LogP contribution in [0, 0.1) is 0 Å². The summed E-state index contributed by atoms with van der Waals surface area (Å²) >= 11 is 3.34. The first-order chi connectivity index (χ1) is 9.12. The van der Waals surface area contributed by atoms with Crippen molar-refractivity contribution in [2.45, 2.75) is 25.1 Å². The molecule has 19 heavy (non-hydrogen) atoms. The number of halogens is 1. The number of ether oxygens (including phenoxy) is 2. The lowest BCUT2D eigenvalue weighted by molar-refractivity contribution is -0.140. The van der Waals surface area contributed by atoms with Crippen molar-refractivity contribution in [1.29, 1.82) is 0 Å². The number of aryl methyl sites for hydroxylation is 1. The van der Waals surface area contributed by atoms with Gasteiger partial charge in [0.2, 0.25) is 0 Å². The highest BCUT2D eigenvalue weighted by molar-refractivity contribution is 9.08. The smallest absolute Gasteiger partial charge is 0.338 e. The molecule has 0 aliphatic rings. The van der Waals surface area contributed by atoms with Gasteiger partial charge in [-0.05, 0) is 30.5 Å². The summed E-state index contributed by atoms with van der Waals surface area (Å²) in [6, 6.07) is 5.55. The predicted molar refractivity (Wildman–Crippen MR) is 75.4 cm³/mol. The Labute approximate surface area is 121 Å². The maximum absolute atomic E-state index is 11.8. The van der Waals surface area contributed by atoms with Crippen LogP contribution >= 0.6 is 15.9 Å². The minimum absolute atomic E-state index is 0.262. The highest BCUT2D eigenvalue weighted by Gasteiger charge is 2.13. The van der Waals surface area contributed by atoms with Crippen molar-refractivity contribution in [1.82, 2.24) is 0 Å². The fourth-order valence-electron chi connectivity index (χ4n) is 1.64. The van der Waals surface area contributed by atoms with E-state index in [-0.39, 0.29) is 11.9 Å². The number of carbonyl (C=O) groups is 2. The van der Waals surface area contributed by atoms with Crippen LogP contribution in [-0.4, -0.2) is 25.7 Å². The normalized spacial score (nSPS) is 10.1. The predicted octanol–water partition coefficient (Wildman–Crippen LogP) is 2.86. The second-order valence-electron chi connectivity index (χ2n) is 3.92. The quantitative estimate of drug-likeness (QED) is 0.595. The zero-order chi connectivity index (χ0) is 14.3. The van der Waals surface area contributed by atoms with Crippen LogP contribution in [0.1, 0.15) is 34.8 Å². The van der Waals surface area contributed by atoms with Crippen LogP contribution in [0.15, 0.2) is 18.2 Å². The van der Waals surface area contributed by atoms with Crippen LogP contribution in [0.2, 0.25) is 0 Å². The third kappa shape index (κ3) is 4.67. The maximum atomic E-state index is 11.8. The largest absolute Gasteiger partial charge is 0.469 e. The van der Waals surface area contributed by atoms with Gasteiger partial charge in [-0.15, -0.1) is 0 Å². The van der Waals surface area contributed by atoms with Crippen molar-refractivity contribution in [3.05, 3.63) is 34.9 Å². The molecule has 0 saturated heterocycles. The van der Waals surface area contributed by atoms with Gasteiger partial charge in [-0.1, -0.05) is 28.1 Å². The van der Waals surface area contributed by atoms with Gasteiger partial charge in [-0.3, -0.25) is 4.79 Å². The van der Waals surface area contributed by atoms with Crippen molar-refractivity contribution < 1.29 is 19.1 Å². The second kappa shape index (κ2) is 7.94. The molecule has 0 unspecified atom stereocenters. The van der Waals surface area contributed by atoms with Crippen LogP contribution < -0.4 is 0 Å². The Kier molecular flexibility index (Phi) is 6.56. The molecular weight excluding hydrogens is 312 g/mol. The molecule has 0 amide bonds. The highest BCUT2D eigenvalue weighted by Crippen LogP contribution is 2.17. The molecule has 0 N–H and O–H groups in total. The Morgan fingerprint density at radius 3 is 2.63 bits per heavy atom. The number of rotatable bonds is 6. The molecule has 104 valence electrons. The van der Waals surface area contributed by atoms with Gasteiger partial charge in [0.15, 0.2) is 0 Å². The first kappa shape index (κ1) is 15.7. The lowest BCUT2D eigenvalue weighted by Gasteiger charge is -2.09. The molecular formula is C14H17BrO4.